The second-order valence-electron chi connectivity index (χ2n) is 4.42. The van der Waals surface area contributed by atoms with Gasteiger partial charge in [0.2, 0.25) is 10.0 Å². The lowest BCUT2D eigenvalue weighted by Crippen LogP contribution is -2.34. The van der Waals surface area contributed by atoms with E-state index in [1.54, 1.807) is 0 Å². The zero-order chi connectivity index (χ0) is 12.6. The van der Waals surface area contributed by atoms with E-state index in [4.69, 9.17) is 5.73 Å². The average Bonchev–Trinajstić information content (AvgIpc) is 2.10. The third-order valence-corrected chi connectivity index (χ3v) is 4.17. The third-order valence-electron chi connectivity index (χ3n) is 2.09. The van der Waals surface area contributed by atoms with Crippen LogP contribution < -0.4 is 10.5 Å². The molecule has 0 fully saturated rings. The summed E-state index contributed by atoms with van der Waals surface area (Å²) in [6.07, 6.45) is 0. The van der Waals surface area contributed by atoms with Gasteiger partial charge in [0.25, 0.3) is 0 Å². The Morgan fingerprint density at radius 3 is 2.31 bits per heavy atom. The van der Waals surface area contributed by atoms with Crippen LogP contribution in [-0.4, -0.2) is 13.2 Å². The molecule has 4 nitrogen and oxygen atoms in total. The summed E-state index contributed by atoms with van der Waals surface area (Å²) in [6.45, 7) is 4.56. The van der Waals surface area contributed by atoms with Gasteiger partial charge < -0.3 is 5.73 Å². The molecule has 0 radical (unpaired) electrons. The Bertz CT molecular complexity index is 472. The third kappa shape index (κ3) is 2.44. The van der Waals surface area contributed by atoms with Crippen molar-refractivity contribution in [3.8, 4) is 0 Å². The number of nitrogens with one attached hydrogen (secondary N) is 1. The molecule has 0 bridgehead atoms. The summed E-state index contributed by atoms with van der Waals surface area (Å²) in [6, 6.07) is 4.00. The van der Waals surface area contributed by atoms with Gasteiger partial charge in [-0.2, -0.15) is 0 Å². The number of para-hydroxylation sites is 1. The molecule has 16 heavy (non-hydrogen) atoms. The van der Waals surface area contributed by atoms with E-state index in [-0.39, 0.29) is 11.4 Å². The van der Waals surface area contributed by atoms with Crippen LogP contribution in [0.4, 0.5) is 15.8 Å². The van der Waals surface area contributed by atoms with Gasteiger partial charge in [0, 0.05) is 0 Å². The normalized spacial score (nSPS) is 12.5. The van der Waals surface area contributed by atoms with Gasteiger partial charge >= 0.3 is 0 Å². The minimum Gasteiger partial charge on any atom is -0.397 e. The molecule has 90 valence electrons. The molecule has 1 aromatic carbocycles. The van der Waals surface area contributed by atoms with Gasteiger partial charge in [0.1, 0.15) is 11.5 Å². The minimum absolute atomic E-state index is 0.0628. The molecule has 0 aliphatic rings. The predicted octanol–water partition coefficient (Wildman–Crippen LogP) is 1.95. The van der Waals surface area contributed by atoms with E-state index in [1.807, 2.05) is 0 Å². The van der Waals surface area contributed by atoms with E-state index in [9.17, 15) is 12.8 Å². The van der Waals surface area contributed by atoms with Crippen LogP contribution in [0.2, 0.25) is 0 Å². The van der Waals surface area contributed by atoms with Crippen molar-refractivity contribution in [2.75, 3.05) is 10.5 Å². The molecule has 1 aromatic rings. The van der Waals surface area contributed by atoms with Crippen LogP contribution in [0.25, 0.3) is 0 Å². The molecule has 3 N–H and O–H groups in total. The van der Waals surface area contributed by atoms with Gasteiger partial charge in [0.05, 0.1) is 10.4 Å². The number of sulfonamides is 1. The Morgan fingerprint density at radius 1 is 1.31 bits per heavy atom. The van der Waals surface area contributed by atoms with Gasteiger partial charge in [-0.05, 0) is 32.9 Å². The standard InChI is InChI=1S/C10H15FN2O2S/c1-10(2,3)16(14,15)13-9-7(11)5-4-6-8(9)12/h4-6,13H,12H2,1-3H3. The zero-order valence-corrected chi connectivity index (χ0v) is 10.2. The van der Waals surface area contributed by atoms with Crippen molar-refractivity contribution in [3.63, 3.8) is 0 Å². The first-order valence-corrected chi connectivity index (χ1v) is 6.20. The maximum absolute atomic E-state index is 13.4. The lowest BCUT2D eigenvalue weighted by molar-refractivity contribution is 0.564. The number of hydrogen-bond donors (Lipinski definition) is 2. The maximum atomic E-state index is 13.4. The summed E-state index contributed by atoms with van der Waals surface area (Å²) in [5, 5.41) is 0. The van der Waals surface area contributed by atoms with Crippen LogP contribution in [0.3, 0.4) is 0 Å². The number of anilines is 2. The highest BCUT2D eigenvalue weighted by atomic mass is 32.2. The second kappa shape index (κ2) is 3.93. The summed E-state index contributed by atoms with van der Waals surface area (Å²) < 4.78 is 38.1. The molecule has 0 amide bonds. The van der Waals surface area contributed by atoms with Crippen LogP contribution in [0.15, 0.2) is 18.2 Å². The first-order chi connectivity index (χ1) is 7.15. The fraction of sp³-hybridized carbons (Fsp3) is 0.400. The number of benzene rings is 1. The predicted molar refractivity (Wildman–Crippen MR) is 63.1 cm³/mol. The molecule has 0 unspecified atom stereocenters. The smallest absolute Gasteiger partial charge is 0.237 e. The first kappa shape index (κ1) is 12.8. The number of nitrogens with two attached hydrogens (primary N) is 1. The van der Waals surface area contributed by atoms with Crippen LogP contribution >= 0.6 is 0 Å². The average molecular weight is 246 g/mol. The molecule has 0 aliphatic carbocycles. The summed E-state index contributed by atoms with van der Waals surface area (Å²) in [5.74, 6) is -0.687. The highest BCUT2D eigenvalue weighted by molar-refractivity contribution is 7.94. The lowest BCUT2D eigenvalue weighted by Gasteiger charge is -2.21. The van der Waals surface area contributed by atoms with Gasteiger partial charge in [0.15, 0.2) is 0 Å². The fourth-order valence-electron chi connectivity index (χ4n) is 0.936. The lowest BCUT2D eigenvalue weighted by atomic mass is 10.3. The molecule has 0 saturated heterocycles. The summed E-state index contributed by atoms with van der Waals surface area (Å²) >= 11 is 0. The molecule has 0 spiro atoms. The van der Waals surface area contributed by atoms with Crippen molar-refractivity contribution in [1.82, 2.24) is 0 Å². The van der Waals surface area contributed by atoms with Crippen molar-refractivity contribution >= 4 is 21.4 Å². The topological polar surface area (TPSA) is 72.2 Å². The maximum Gasteiger partial charge on any atom is 0.237 e. The van der Waals surface area contributed by atoms with Crippen molar-refractivity contribution in [2.24, 2.45) is 0 Å². The van der Waals surface area contributed by atoms with Gasteiger partial charge in [-0.3, -0.25) is 4.72 Å². The highest BCUT2D eigenvalue weighted by Gasteiger charge is 2.30. The van der Waals surface area contributed by atoms with Gasteiger partial charge in [-0.15, -0.1) is 0 Å². The van der Waals surface area contributed by atoms with E-state index in [1.165, 1.54) is 32.9 Å². The molecule has 0 atom stereocenters. The van der Waals surface area contributed by atoms with Gasteiger partial charge in [-0.25, -0.2) is 12.8 Å². The van der Waals surface area contributed by atoms with Crippen LogP contribution in [0.5, 0.6) is 0 Å². The van der Waals surface area contributed by atoms with Crippen molar-refractivity contribution < 1.29 is 12.8 Å². The quantitative estimate of drug-likeness (QED) is 0.783. The van der Waals surface area contributed by atoms with Crippen LogP contribution in [0, 0.1) is 5.82 Å². The van der Waals surface area contributed by atoms with E-state index >= 15 is 0 Å². The largest absolute Gasteiger partial charge is 0.397 e. The summed E-state index contributed by atoms with van der Waals surface area (Å²) in [4.78, 5) is 0. The zero-order valence-electron chi connectivity index (χ0n) is 9.41. The molecular weight excluding hydrogens is 231 g/mol. The molecule has 0 aliphatic heterocycles. The Morgan fingerprint density at radius 2 is 1.88 bits per heavy atom. The van der Waals surface area contributed by atoms with Crippen molar-refractivity contribution in [1.29, 1.82) is 0 Å². The molecule has 0 aromatic heterocycles. The molecule has 6 heteroatoms. The van der Waals surface area contributed by atoms with E-state index < -0.39 is 20.6 Å². The first-order valence-electron chi connectivity index (χ1n) is 4.71. The van der Waals surface area contributed by atoms with Crippen LogP contribution in [-0.2, 0) is 10.0 Å². The molecule has 0 saturated carbocycles. The summed E-state index contributed by atoms with van der Waals surface area (Å²) in [7, 11) is -3.67. The van der Waals surface area contributed by atoms with Gasteiger partial charge in [-0.1, -0.05) is 6.07 Å². The Labute approximate surface area is 94.7 Å². The Kier molecular flexibility index (Phi) is 3.14. The Balaban J connectivity index is 3.17. The SMILES string of the molecule is CC(C)(C)S(=O)(=O)Nc1c(N)cccc1F. The fourth-order valence-corrected chi connectivity index (χ4v) is 1.73. The number of halogens is 1. The number of hydrogen-bond acceptors (Lipinski definition) is 3. The van der Waals surface area contributed by atoms with E-state index in [0.29, 0.717) is 0 Å². The minimum atomic E-state index is -3.67. The highest BCUT2D eigenvalue weighted by Crippen LogP contribution is 2.26. The number of nitrogen functional groups attached to an aromatic ring is 1. The van der Waals surface area contributed by atoms with Crippen molar-refractivity contribution in [2.45, 2.75) is 25.5 Å². The molecule has 0 heterocycles. The molecular formula is C10H15FN2O2S. The van der Waals surface area contributed by atoms with E-state index in [2.05, 4.69) is 4.72 Å². The van der Waals surface area contributed by atoms with Crippen LogP contribution in [0.1, 0.15) is 20.8 Å². The van der Waals surface area contributed by atoms with Crippen molar-refractivity contribution in [3.05, 3.63) is 24.0 Å². The summed E-state index contributed by atoms with van der Waals surface area (Å²) in [5.41, 5.74) is 5.37. The Hall–Kier alpha value is -1.30. The number of rotatable bonds is 2. The monoisotopic (exact) mass is 246 g/mol. The van der Waals surface area contributed by atoms with E-state index in [0.717, 1.165) is 6.07 Å². The molecule has 1 rings (SSSR count). The second-order valence-corrected chi connectivity index (χ2v) is 6.86.